The summed E-state index contributed by atoms with van der Waals surface area (Å²) in [6, 6.07) is 1.74. The van der Waals surface area contributed by atoms with Gasteiger partial charge in [-0.05, 0) is 25.4 Å². The van der Waals surface area contributed by atoms with Crippen LogP contribution in [-0.4, -0.2) is 26.9 Å². The normalized spacial score (nSPS) is 10.7. The van der Waals surface area contributed by atoms with Crippen LogP contribution in [0.1, 0.15) is 23.1 Å². The highest BCUT2D eigenvalue weighted by Gasteiger charge is 2.13. The van der Waals surface area contributed by atoms with Crippen LogP contribution in [0.2, 0.25) is 5.28 Å². The summed E-state index contributed by atoms with van der Waals surface area (Å²) >= 11 is 5.92. The van der Waals surface area contributed by atoms with Gasteiger partial charge in [-0.15, -0.1) is 0 Å². The molecule has 5 nitrogen and oxygen atoms in total. The van der Waals surface area contributed by atoms with Gasteiger partial charge in [-0.1, -0.05) is 0 Å². The molecule has 0 radical (unpaired) electrons. The SMILES string of the molecule is CCOC(=O)c1cn2c(Cl)nc(C)cc2n1. The Morgan fingerprint density at radius 1 is 1.56 bits per heavy atom. The van der Waals surface area contributed by atoms with Gasteiger partial charge in [-0.25, -0.2) is 14.8 Å². The molecule has 0 aliphatic rings. The molecule has 0 aromatic carbocycles. The van der Waals surface area contributed by atoms with E-state index >= 15 is 0 Å². The van der Waals surface area contributed by atoms with Gasteiger partial charge in [-0.2, -0.15) is 0 Å². The first kappa shape index (κ1) is 10.9. The molecule has 0 spiro atoms. The second kappa shape index (κ2) is 4.09. The molecular formula is C10H10ClN3O2. The summed E-state index contributed by atoms with van der Waals surface area (Å²) in [6.45, 7) is 3.87. The van der Waals surface area contributed by atoms with Crippen molar-refractivity contribution < 1.29 is 9.53 Å². The number of aryl methyl sites for hydroxylation is 1. The summed E-state index contributed by atoms with van der Waals surface area (Å²) in [6.07, 6.45) is 1.52. The lowest BCUT2D eigenvalue weighted by Crippen LogP contribution is -2.04. The fraction of sp³-hybridized carbons (Fsp3) is 0.300. The number of ether oxygens (including phenoxy) is 1. The van der Waals surface area contributed by atoms with Crippen LogP contribution in [0.4, 0.5) is 0 Å². The van der Waals surface area contributed by atoms with E-state index in [1.165, 1.54) is 6.20 Å². The summed E-state index contributed by atoms with van der Waals surface area (Å²) in [5.74, 6) is -0.458. The van der Waals surface area contributed by atoms with Crippen LogP contribution in [-0.2, 0) is 4.74 Å². The van der Waals surface area contributed by atoms with E-state index in [-0.39, 0.29) is 11.0 Å². The minimum Gasteiger partial charge on any atom is -0.461 e. The fourth-order valence-electron chi connectivity index (χ4n) is 1.37. The van der Waals surface area contributed by atoms with Crippen molar-refractivity contribution in [2.45, 2.75) is 13.8 Å². The molecular weight excluding hydrogens is 230 g/mol. The van der Waals surface area contributed by atoms with Crippen LogP contribution in [0, 0.1) is 6.92 Å². The summed E-state index contributed by atoms with van der Waals surface area (Å²) < 4.78 is 6.39. The van der Waals surface area contributed by atoms with E-state index in [2.05, 4.69) is 9.97 Å². The molecule has 84 valence electrons. The predicted molar refractivity (Wildman–Crippen MR) is 58.7 cm³/mol. The maximum Gasteiger partial charge on any atom is 0.358 e. The Morgan fingerprint density at radius 3 is 3.00 bits per heavy atom. The van der Waals surface area contributed by atoms with Crippen molar-refractivity contribution in [3.05, 3.63) is 28.9 Å². The Bertz CT molecular complexity index is 550. The summed E-state index contributed by atoms with van der Waals surface area (Å²) in [5, 5.41) is 0.276. The number of halogens is 1. The molecule has 16 heavy (non-hydrogen) atoms. The Morgan fingerprint density at radius 2 is 2.31 bits per heavy atom. The van der Waals surface area contributed by atoms with Crippen molar-refractivity contribution in [3.63, 3.8) is 0 Å². The van der Waals surface area contributed by atoms with Crippen LogP contribution < -0.4 is 0 Å². The predicted octanol–water partition coefficient (Wildman–Crippen LogP) is 1.87. The second-order valence-electron chi connectivity index (χ2n) is 3.24. The molecule has 2 rings (SSSR count). The van der Waals surface area contributed by atoms with Gasteiger partial charge in [0.15, 0.2) is 5.69 Å². The summed E-state index contributed by atoms with van der Waals surface area (Å²) in [7, 11) is 0. The zero-order valence-corrected chi connectivity index (χ0v) is 9.65. The van der Waals surface area contributed by atoms with Crippen LogP contribution in [0.5, 0.6) is 0 Å². The van der Waals surface area contributed by atoms with Gasteiger partial charge in [0.25, 0.3) is 0 Å². The third kappa shape index (κ3) is 1.86. The molecule has 0 amide bonds. The molecule has 0 N–H and O–H groups in total. The van der Waals surface area contributed by atoms with Gasteiger partial charge in [0, 0.05) is 18.0 Å². The molecule has 0 aliphatic carbocycles. The van der Waals surface area contributed by atoms with Crippen molar-refractivity contribution >= 4 is 23.2 Å². The Kier molecular flexibility index (Phi) is 2.78. The quantitative estimate of drug-likeness (QED) is 0.593. The number of hydrogen-bond acceptors (Lipinski definition) is 4. The van der Waals surface area contributed by atoms with E-state index in [1.54, 1.807) is 17.4 Å². The molecule has 0 unspecified atom stereocenters. The number of fused-ring (bicyclic) bond motifs is 1. The van der Waals surface area contributed by atoms with E-state index in [0.717, 1.165) is 5.69 Å². The largest absolute Gasteiger partial charge is 0.461 e. The van der Waals surface area contributed by atoms with E-state index < -0.39 is 5.97 Å². The van der Waals surface area contributed by atoms with Gasteiger partial charge in [0.05, 0.1) is 6.61 Å². The zero-order chi connectivity index (χ0) is 11.7. The number of carbonyl (C=O) groups is 1. The van der Waals surface area contributed by atoms with E-state index in [0.29, 0.717) is 12.3 Å². The van der Waals surface area contributed by atoms with Crippen molar-refractivity contribution in [1.82, 2.24) is 14.4 Å². The van der Waals surface area contributed by atoms with Gasteiger partial charge < -0.3 is 4.74 Å². The third-order valence-corrected chi connectivity index (χ3v) is 2.29. The third-order valence-electron chi connectivity index (χ3n) is 2.02. The lowest BCUT2D eigenvalue weighted by Gasteiger charge is -1.96. The van der Waals surface area contributed by atoms with Gasteiger partial charge in [0.1, 0.15) is 5.65 Å². The molecule has 0 fully saturated rings. The fourth-order valence-corrected chi connectivity index (χ4v) is 1.63. The number of carbonyl (C=O) groups excluding carboxylic acids is 1. The molecule has 0 aliphatic heterocycles. The van der Waals surface area contributed by atoms with E-state index in [4.69, 9.17) is 16.3 Å². The Balaban J connectivity index is 2.51. The standard InChI is InChI=1S/C10H10ClN3O2/c1-3-16-9(15)7-5-14-8(13-7)4-6(2)12-10(14)11/h4-5H,3H2,1-2H3. The monoisotopic (exact) mass is 239 g/mol. The highest BCUT2D eigenvalue weighted by atomic mass is 35.5. The summed E-state index contributed by atoms with van der Waals surface area (Å²) in [5.41, 5.74) is 1.57. The topological polar surface area (TPSA) is 56.5 Å². The summed E-state index contributed by atoms with van der Waals surface area (Å²) in [4.78, 5) is 19.6. The maximum atomic E-state index is 11.4. The number of nitrogens with zero attached hydrogens (tertiary/aromatic N) is 3. The minimum atomic E-state index is -0.458. The smallest absolute Gasteiger partial charge is 0.358 e. The second-order valence-corrected chi connectivity index (χ2v) is 3.58. The highest BCUT2D eigenvalue weighted by molar-refractivity contribution is 6.28. The van der Waals surface area contributed by atoms with Crippen molar-refractivity contribution in [2.75, 3.05) is 6.61 Å². The van der Waals surface area contributed by atoms with E-state index in [9.17, 15) is 4.79 Å². The highest BCUT2D eigenvalue weighted by Crippen LogP contribution is 2.13. The lowest BCUT2D eigenvalue weighted by molar-refractivity contribution is 0.0520. The van der Waals surface area contributed by atoms with Crippen molar-refractivity contribution in [1.29, 1.82) is 0 Å². The lowest BCUT2D eigenvalue weighted by atomic mass is 10.4. The Labute approximate surface area is 97.0 Å². The minimum absolute atomic E-state index is 0.233. The van der Waals surface area contributed by atoms with Gasteiger partial charge in [0.2, 0.25) is 5.28 Å². The van der Waals surface area contributed by atoms with Crippen LogP contribution in [0.15, 0.2) is 12.3 Å². The number of aromatic nitrogens is 3. The van der Waals surface area contributed by atoms with Crippen LogP contribution in [0.25, 0.3) is 5.65 Å². The average Bonchev–Trinajstić information content (AvgIpc) is 2.62. The van der Waals surface area contributed by atoms with Crippen molar-refractivity contribution in [3.8, 4) is 0 Å². The van der Waals surface area contributed by atoms with E-state index in [1.807, 2.05) is 6.92 Å². The van der Waals surface area contributed by atoms with Crippen molar-refractivity contribution in [2.24, 2.45) is 0 Å². The number of esters is 1. The van der Waals surface area contributed by atoms with Crippen LogP contribution >= 0.6 is 11.6 Å². The molecule has 0 saturated carbocycles. The van der Waals surface area contributed by atoms with Crippen LogP contribution in [0.3, 0.4) is 0 Å². The molecule has 6 heteroatoms. The molecule has 2 heterocycles. The first-order valence-corrected chi connectivity index (χ1v) is 5.19. The number of imidazole rings is 1. The Hall–Kier alpha value is -1.62. The molecule has 0 bridgehead atoms. The molecule has 0 atom stereocenters. The molecule has 0 saturated heterocycles. The average molecular weight is 240 g/mol. The number of rotatable bonds is 2. The maximum absolute atomic E-state index is 11.4. The number of hydrogen-bond donors (Lipinski definition) is 0. The molecule has 2 aromatic rings. The first-order chi connectivity index (χ1) is 7.61. The first-order valence-electron chi connectivity index (χ1n) is 4.81. The zero-order valence-electron chi connectivity index (χ0n) is 8.90. The molecule has 2 aromatic heterocycles. The van der Waals surface area contributed by atoms with Gasteiger partial charge in [-0.3, -0.25) is 4.40 Å². The van der Waals surface area contributed by atoms with Gasteiger partial charge >= 0.3 is 5.97 Å².